The van der Waals surface area contributed by atoms with Gasteiger partial charge in [-0.3, -0.25) is 4.79 Å². The van der Waals surface area contributed by atoms with Gasteiger partial charge in [0.1, 0.15) is 5.82 Å². The molecule has 19 heavy (non-hydrogen) atoms. The monoisotopic (exact) mass is 272 g/mol. The standard InChI is InChI=1S/C13H15F3N2O/c14-9-5-11(16)12(6-10(9)15)18-13(19)7-17-8-3-1-2-4-8/h5-6,8,17H,1-4,7H2,(H,18,19). The van der Waals surface area contributed by atoms with E-state index in [4.69, 9.17) is 0 Å². The normalized spacial score (nSPS) is 15.7. The van der Waals surface area contributed by atoms with E-state index in [-0.39, 0.29) is 12.2 Å². The first-order valence-corrected chi connectivity index (χ1v) is 6.24. The summed E-state index contributed by atoms with van der Waals surface area (Å²) in [5, 5.41) is 5.26. The molecule has 0 saturated heterocycles. The molecule has 1 aliphatic rings. The van der Waals surface area contributed by atoms with Crippen LogP contribution in [0.5, 0.6) is 0 Å². The Morgan fingerprint density at radius 3 is 2.42 bits per heavy atom. The van der Waals surface area contributed by atoms with Crippen LogP contribution < -0.4 is 10.6 Å². The zero-order valence-corrected chi connectivity index (χ0v) is 10.3. The maximum absolute atomic E-state index is 13.3. The Balaban J connectivity index is 1.89. The molecule has 0 radical (unpaired) electrons. The fourth-order valence-corrected chi connectivity index (χ4v) is 2.18. The van der Waals surface area contributed by atoms with Gasteiger partial charge < -0.3 is 10.6 Å². The van der Waals surface area contributed by atoms with Gasteiger partial charge >= 0.3 is 0 Å². The summed E-state index contributed by atoms with van der Waals surface area (Å²) in [6.07, 6.45) is 4.31. The van der Waals surface area contributed by atoms with Crippen LogP contribution in [0.15, 0.2) is 12.1 Å². The molecule has 1 aromatic rings. The minimum Gasteiger partial charge on any atom is -0.322 e. The number of benzene rings is 1. The maximum atomic E-state index is 13.3. The molecule has 3 nitrogen and oxygen atoms in total. The van der Waals surface area contributed by atoms with Gasteiger partial charge in [-0.1, -0.05) is 12.8 Å². The predicted octanol–water partition coefficient (Wildman–Crippen LogP) is 2.57. The first-order valence-electron chi connectivity index (χ1n) is 6.24. The van der Waals surface area contributed by atoms with Crippen LogP contribution in [0.1, 0.15) is 25.7 Å². The lowest BCUT2D eigenvalue weighted by molar-refractivity contribution is -0.115. The molecule has 0 aromatic heterocycles. The number of nitrogens with one attached hydrogen (secondary N) is 2. The molecule has 1 aliphatic carbocycles. The summed E-state index contributed by atoms with van der Waals surface area (Å²) < 4.78 is 38.9. The molecule has 1 amide bonds. The van der Waals surface area contributed by atoms with Crippen molar-refractivity contribution in [2.75, 3.05) is 11.9 Å². The van der Waals surface area contributed by atoms with E-state index in [1.165, 1.54) is 0 Å². The molecule has 1 saturated carbocycles. The molecule has 1 aromatic carbocycles. The number of halogens is 3. The lowest BCUT2D eigenvalue weighted by Gasteiger charge is -2.12. The van der Waals surface area contributed by atoms with Crippen LogP contribution in [0.3, 0.4) is 0 Å². The van der Waals surface area contributed by atoms with E-state index >= 15 is 0 Å². The Bertz CT molecular complexity index is 473. The van der Waals surface area contributed by atoms with Crippen LogP contribution in [0.4, 0.5) is 18.9 Å². The molecule has 0 aliphatic heterocycles. The summed E-state index contributed by atoms with van der Waals surface area (Å²) in [6, 6.07) is 1.36. The van der Waals surface area contributed by atoms with Crippen molar-refractivity contribution in [2.24, 2.45) is 0 Å². The van der Waals surface area contributed by atoms with Crippen molar-refractivity contribution < 1.29 is 18.0 Å². The SMILES string of the molecule is O=C(CNC1CCCC1)Nc1cc(F)c(F)cc1F. The largest absolute Gasteiger partial charge is 0.322 e. The Hall–Kier alpha value is -1.56. The lowest BCUT2D eigenvalue weighted by atomic mass is 10.2. The summed E-state index contributed by atoms with van der Waals surface area (Å²) in [4.78, 5) is 11.6. The van der Waals surface area contributed by atoms with Gasteiger partial charge in [-0.15, -0.1) is 0 Å². The first kappa shape index (κ1) is 13.9. The fourth-order valence-electron chi connectivity index (χ4n) is 2.18. The Kier molecular flexibility index (Phi) is 4.42. The van der Waals surface area contributed by atoms with Crippen LogP contribution in [0.25, 0.3) is 0 Å². The average Bonchev–Trinajstić information content (AvgIpc) is 2.86. The van der Waals surface area contributed by atoms with E-state index < -0.39 is 23.4 Å². The van der Waals surface area contributed by atoms with Crippen molar-refractivity contribution in [1.29, 1.82) is 0 Å². The van der Waals surface area contributed by atoms with Crippen LogP contribution in [0, 0.1) is 17.5 Å². The number of hydrogen-bond donors (Lipinski definition) is 2. The van der Waals surface area contributed by atoms with Gasteiger partial charge in [0.05, 0.1) is 12.2 Å². The summed E-state index contributed by atoms with van der Waals surface area (Å²) in [7, 11) is 0. The number of anilines is 1. The van der Waals surface area contributed by atoms with Crippen molar-refractivity contribution in [3.8, 4) is 0 Å². The molecule has 2 rings (SSSR count). The van der Waals surface area contributed by atoms with E-state index in [9.17, 15) is 18.0 Å². The van der Waals surface area contributed by atoms with Gasteiger partial charge in [0.2, 0.25) is 5.91 Å². The molecule has 104 valence electrons. The van der Waals surface area contributed by atoms with Crippen LogP contribution in [-0.2, 0) is 4.79 Å². The smallest absolute Gasteiger partial charge is 0.238 e. The summed E-state index contributed by atoms with van der Waals surface area (Å²) in [6.45, 7) is 0.0309. The van der Waals surface area contributed by atoms with Crippen LogP contribution >= 0.6 is 0 Å². The molecule has 0 unspecified atom stereocenters. The minimum atomic E-state index is -1.28. The van der Waals surface area contributed by atoms with Gasteiger partial charge in [0.15, 0.2) is 11.6 Å². The third kappa shape index (κ3) is 3.70. The zero-order valence-electron chi connectivity index (χ0n) is 10.3. The van der Waals surface area contributed by atoms with Crippen molar-refractivity contribution in [1.82, 2.24) is 5.32 Å². The number of hydrogen-bond acceptors (Lipinski definition) is 2. The quantitative estimate of drug-likeness (QED) is 0.827. The Morgan fingerprint density at radius 1 is 1.11 bits per heavy atom. The summed E-state index contributed by atoms with van der Waals surface area (Å²) in [5.41, 5.74) is -0.350. The molecule has 6 heteroatoms. The predicted molar refractivity (Wildman–Crippen MR) is 65.2 cm³/mol. The van der Waals surface area contributed by atoms with E-state index in [0.29, 0.717) is 18.2 Å². The Morgan fingerprint density at radius 2 is 1.74 bits per heavy atom. The highest BCUT2D eigenvalue weighted by Crippen LogP contribution is 2.19. The minimum absolute atomic E-state index is 0.0309. The second-order valence-corrected chi connectivity index (χ2v) is 4.66. The highest BCUT2D eigenvalue weighted by Gasteiger charge is 2.16. The maximum Gasteiger partial charge on any atom is 0.238 e. The van der Waals surface area contributed by atoms with Crippen molar-refractivity contribution in [2.45, 2.75) is 31.7 Å². The highest BCUT2D eigenvalue weighted by molar-refractivity contribution is 5.92. The number of rotatable bonds is 4. The molecule has 2 N–H and O–H groups in total. The molecule has 1 fully saturated rings. The van der Waals surface area contributed by atoms with Gasteiger partial charge in [0.25, 0.3) is 0 Å². The number of carbonyl (C=O) groups excluding carboxylic acids is 1. The van der Waals surface area contributed by atoms with Crippen molar-refractivity contribution >= 4 is 11.6 Å². The number of carbonyl (C=O) groups is 1. The molecule has 0 heterocycles. The zero-order chi connectivity index (χ0) is 13.8. The molecule has 0 spiro atoms. The molecular formula is C13H15F3N2O. The molecular weight excluding hydrogens is 257 g/mol. The third-order valence-electron chi connectivity index (χ3n) is 3.19. The first-order chi connectivity index (χ1) is 9.06. The summed E-state index contributed by atoms with van der Waals surface area (Å²) in [5.74, 6) is -3.94. The van der Waals surface area contributed by atoms with Crippen LogP contribution in [0.2, 0.25) is 0 Å². The number of amides is 1. The van der Waals surface area contributed by atoms with E-state index in [1.807, 2.05) is 0 Å². The lowest BCUT2D eigenvalue weighted by Crippen LogP contribution is -2.34. The highest BCUT2D eigenvalue weighted by atomic mass is 19.2. The Labute approximate surface area is 109 Å². The van der Waals surface area contributed by atoms with Gasteiger partial charge in [-0.25, -0.2) is 13.2 Å². The van der Waals surface area contributed by atoms with Crippen molar-refractivity contribution in [3.63, 3.8) is 0 Å². The van der Waals surface area contributed by atoms with Gasteiger partial charge in [-0.05, 0) is 12.8 Å². The molecule has 0 atom stereocenters. The van der Waals surface area contributed by atoms with E-state index in [1.54, 1.807) is 0 Å². The topological polar surface area (TPSA) is 41.1 Å². The van der Waals surface area contributed by atoms with Gasteiger partial charge in [0, 0.05) is 18.2 Å². The average molecular weight is 272 g/mol. The third-order valence-corrected chi connectivity index (χ3v) is 3.19. The van der Waals surface area contributed by atoms with Crippen LogP contribution in [-0.4, -0.2) is 18.5 Å². The van der Waals surface area contributed by atoms with Gasteiger partial charge in [-0.2, -0.15) is 0 Å². The second-order valence-electron chi connectivity index (χ2n) is 4.66. The van der Waals surface area contributed by atoms with E-state index in [0.717, 1.165) is 25.7 Å². The summed E-state index contributed by atoms with van der Waals surface area (Å²) >= 11 is 0. The second kappa shape index (κ2) is 6.06. The van der Waals surface area contributed by atoms with Crippen molar-refractivity contribution in [3.05, 3.63) is 29.6 Å². The fraction of sp³-hybridized carbons (Fsp3) is 0.462. The molecule has 0 bridgehead atoms. The van der Waals surface area contributed by atoms with E-state index in [2.05, 4.69) is 10.6 Å².